The maximum Gasteiger partial charge on any atom is 0.183 e. The molecule has 7 heteroatoms. The maximum absolute atomic E-state index is 6.30. The number of para-hydroxylation sites is 2. The summed E-state index contributed by atoms with van der Waals surface area (Å²) >= 11 is 0. The van der Waals surface area contributed by atoms with Gasteiger partial charge >= 0.3 is 0 Å². The minimum absolute atomic E-state index is 0.492. The van der Waals surface area contributed by atoms with Gasteiger partial charge in [0.15, 0.2) is 34.6 Å². The Morgan fingerprint density at radius 2 is 0.979 bits per heavy atom. The van der Waals surface area contributed by atoms with E-state index in [0.29, 0.717) is 34.6 Å². The number of benzene rings is 5. The molecule has 0 unspecified atom stereocenters. The number of aromatic nitrogens is 6. The lowest BCUT2D eigenvalue weighted by Gasteiger charge is -2.11. The number of hydrogen-bond acceptors (Lipinski definition) is 7. The lowest BCUT2D eigenvalue weighted by atomic mass is 10.0. The van der Waals surface area contributed by atoms with Gasteiger partial charge in [-0.25, -0.2) is 29.9 Å². The van der Waals surface area contributed by atoms with E-state index in [4.69, 9.17) is 34.3 Å². The second-order valence-electron chi connectivity index (χ2n) is 11.2. The number of pyridine rings is 1. The molecule has 47 heavy (non-hydrogen) atoms. The van der Waals surface area contributed by atoms with Gasteiger partial charge in [0.2, 0.25) is 0 Å². The minimum atomic E-state index is 0.492. The summed E-state index contributed by atoms with van der Waals surface area (Å²) < 4.78 is 6.30. The molecule has 0 N–H and O–H groups in total. The Morgan fingerprint density at radius 1 is 0.383 bits per heavy atom. The summed E-state index contributed by atoms with van der Waals surface area (Å²) in [6.45, 7) is 0. The van der Waals surface area contributed by atoms with Gasteiger partial charge in [0, 0.05) is 44.6 Å². The topological polar surface area (TPSA) is 90.5 Å². The summed E-state index contributed by atoms with van der Waals surface area (Å²) in [5, 5.41) is 2.93. The molecule has 0 fully saturated rings. The Morgan fingerprint density at radius 3 is 1.72 bits per heavy atom. The first kappa shape index (κ1) is 26.8. The first-order chi connectivity index (χ1) is 23.3. The standard InChI is InChI=1S/C40H24N6O/c1-3-12-25(13-4-1)37-44-38(26-14-5-2-6-15-26)46-39(45-37)28-17-11-16-27(24-28)34-31-19-7-9-20-32(31)42-40(43-34)35-36-30(22-23-41-35)29-18-8-10-21-33(29)47-36/h1-24H. The highest BCUT2D eigenvalue weighted by molar-refractivity contribution is 6.08. The summed E-state index contributed by atoms with van der Waals surface area (Å²) in [6.07, 6.45) is 1.79. The molecular weight excluding hydrogens is 580 g/mol. The van der Waals surface area contributed by atoms with Gasteiger partial charge in [-0.3, -0.25) is 0 Å². The van der Waals surface area contributed by atoms with Gasteiger partial charge < -0.3 is 4.42 Å². The monoisotopic (exact) mass is 604 g/mol. The number of nitrogens with zero attached hydrogens (tertiary/aromatic N) is 6. The molecule has 220 valence electrons. The van der Waals surface area contributed by atoms with Crippen LogP contribution in [0, 0.1) is 0 Å². The van der Waals surface area contributed by atoms with Crippen LogP contribution >= 0.6 is 0 Å². The van der Waals surface area contributed by atoms with Crippen LogP contribution in [0.15, 0.2) is 150 Å². The second-order valence-corrected chi connectivity index (χ2v) is 11.2. The molecule has 0 bridgehead atoms. The van der Waals surface area contributed by atoms with Crippen LogP contribution < -0.4 is 0 Å². The predicted octanol–water partition coefficient (Wildman–Crippen LogP) is 9.44. The number of fused-ring (bicyclic) bond motifs is 4. The highest BCUT2D eigenvalue weighted by atomic mass is 16.3. The molecule has 0 radical (unpaired) electrons. The van der Waals surface area contributed by atoms with E-state index in [1.165, 1.54) is 0 Å². The van der Waals surface area contributed by atoms with E-state index in [1.807, 2.05) is 121 Å². The molecule has 0 atom stereocenters. The van der Waals surface area contributed by atoms with Crippen LogP contribution in [0.5, 0.6) is 0 Å². The van der Waals surface area contributed by atoms with Crippen molar-refractivity contribution in [3.63, 3.8) is 0 Å². The average molecular weight is 605 g/mol. The smallest absolute Gasteiger partial charge is 0.183 e. The molecule has 0 amide bonds. The third-order valence-corrected chi connectivity index (χ3v) is 8.20. The number of rotatable bonds is 5. The average Bonchev–Trinajstić information content (AvgIpc) is 3.54. The molecule has 9 aromatic rings. The molecule has 5 aromatic carbocycles. The zero-order chi connectivity index (χ0) is 31.2. The van der Waals surface area contributed by atoms with Gasteiger partial charge in [0.1, 0.15) is 5.58 Å². The largest absolute Gasteiger partial charge is 0.454 e. The molecule has 4 aromatic heterocycles. The summed E-state index contributed by atoms with van der Waals surface area (Å²) in [5.41, 5.74) is 7.24. The first-order valence-electron chi connectivity index (χ1n) is 15.3. The van der Waals surface area contributed by atoms with Crippen molar-refractivity contribution in [1.82, 2.24) is 29.9 Å². The van der Waals surface area contributed by atoms with E-state index in [-0.39, 0.29) is 0 Å². The molecule has 0 aliphatic heterocycles. The zero-order valence-electron chi connectivity index (χ0n) is 24.9. The van der Waals surface area contributed by atoms with Gasteiger partial charge in [0.25, 0.3) is 0 Å². The normalized spacial score (nSPS) is 11.4. The molecule has 0 saturated heterocycles. The van der Waals surface area contributed by atoms with Gasteiger partial charge in [0.05, 0.1) is 11.2 Å². The van der Waals surface area contributed by atoms with Crippen molar-refractivity contribution in [3.05, 3.63) is 146 Å². The van der Waals surface area contributed by atoms with Crippen LogP contribution in [-0.4, -0.2) is 29.9 Å². The summed E-state index contributed by atoms with van der Waals surface area (Å²) in [6, 6.07) is 46.1. The van der Waals surface area contributed by atoms with Crippen LogP contribution in [0.25, 0.3) is 89.8 Å². The molecule has 9 rings (SSSR count). The van der Waals surface area contributed by atoms with Crippen molar-refractivity contribution < 1.29 is 4.42 Å². The number of hydrogen-bond donors (Lipinski definition) is 0. The third-order valence-electron chi connectivity index (χ3n) is 8.20. The SMILES string of the molecule is c1ccc(-c2nc(-c3ccccc3)nc(-c3cccc(-c4nc(-c5nccc6c5oc5ccccc56)nc5ccccc45)c3)n2)cc1. The Labute approximate surface area is 269 Å². The lowest BCUT2D eigenvalue weighted by Crippen LogP contribution is -2.00. The predicted molar refractivity (Wildman–Crippen MR) is 185 cm³/mol. The fourth-order valence-electron chi connectivity index (χ4n) is 5.96. The van der Waals surface area contributed by atoms with Crippen LogP contribution in [0.3, 0.4) is 0 Å². The highest BCUT2D eigenvalue weighted by Crippen LogP contribution is 2.36. The third kappa shape index (κ3) is 4.78. The molecule has 0 spiro atoms. The number of furan rings is 1. The van der Waals surface area contributed by atoms with Crippen LogP contribution in [0.2, 0.25) is 0 Å². The highest BCUT2D eigenvalue weighted by Gasteiger charge is 2.19. The Balaban J connectivity index is 1.22. The van der Waals surface area contributed by atoms with Gasteiger partial charge in [-0.15, -0.1) is 0 Å². The molecule has 0 aliphatic rings. The van der Waals surface area contributed by atoms with Crippen LogP contribution in [0.1, 0.15) is 0 Å². The van der Waals surface area contributed by atoms with E-state index in [1.54, 1.807) is 6.20 Å². The van der Waals surface area contributed by atoms with Gasteiger partial charge in [-0.2, -0.15) is 0 Å². The lowest BCUT2D eigenvalue weighted by molar-refractivity contribution is 0.667. The summed E-state index contributed by atoms with van der Waals surface area (Å²) in [7, 11) is 0. The van der Waals surface area contributed by atoms with Crippen molar-refractivity contribution in [3.8, 4) is 56.9 Å². The maximum atomic E-state index is 6.30. The van der Waals surface area contributed by atoms with Crippen molar-refractivity contribution in [2.45, 2.75) is 0 Å². The molecule has 0 aliphatic carbocycles. The Bertz CT molecular complexity index is 2520. The Hall–Kier alpha value is -6.60. The van der Waals surface area contributed by atoms with Gasteiger partial charge in [-0.1, -0.05) is 115 Å². The Kier molecular flexibility index (Phi) is 6.31. The van der Waals surface area contributed by atoms with E-state index in [0.717, 1.165) is 55.2 Å². The molecular formula is C40H24N6O. The summed E-state index contributed by atoms with van der Waals surface area (Å²) in [4.78, 5) is 29.5. The quantitative estimate of drug-likeness (QED) is 0.193. The van der Waals surface area contributed by atoms with Crippen molar-refractivity contribution in [2.75, 3.05) is 0 Å². The van der Waals surface area contributed by atoms with E-state index in [9.17, 15) is 0 Å². The zero-order valence-corrected chi connectivity index (χ0v) is 24.9. The fraction of sp³-hybridized carbons (Fsp3) is 0. The van der Waals surface area contributed by atoms with Crippen molar-refractivity contribution in [2.24, 2.45) is 0 Å². The second kappa shape index (κ2) is 11.1. The molecule has 7 nitrogen and oxygen atoms in total. The molecule has 4 heterocycles. The first-order valence-corrected chi connectivity index (χ1v) is 15.3. The van der Waals surface area contributed by atoms with Crippen LogP contribution in [0.4, 0.5) is 0 Å². The summed E-state index contributed by atoms with van der Waals surface area (Å²) in [5.74, 6) is 2.29. The van der Waals surface area contributed by atoms with Crippen LogP contribution in [-0.2, 0) is 0 Å². The molecule has 0 saturated carbocycles. The fourth-order valence-corrected chi connectivity index (χ4v) is 5.96. The van der Waals surface area contributed by atoms with E-state index in [2.05, 4.69) is 18.2 Å². The van der Waals surface area contributed by atoms with E-state index < -0.39 is 0 Å². The minimum Gasteiger partial charge on any atom is -0.454 e. The van der Waals surface area contributed by atoms with Gasteiger partial charge in [-0.05, 0) is 24.3 Å². The van der Waals surface area contributed by atoms with Crippen molar-refractivity contribution >= 4 is 32.8 Å². The van der Waals surface area contributed by atoms with E-state index >= 15 is 0 Å². The van der Waals surface area contributed by atoms with Crippen molar-refractivity contribution in [1.29, 1.82) is 0 Å².